The molecule has 12 heteroatoms. The SMILES string of the molecule is CC.CC.CO.CO.O=[S-](=O)c1ccccc1.[CH-]=NS(=O)(=O)c1ccccc1.[Y].[Y].[Y]. The molecule has 3 radical (unpaired) electrons. The average Bonchev–Trinajstić information content (AvgIpc) is 2.81. The van der Waals surface area contributed by atoms with E-state index in [1.54, 1.807) is 48.5 Å². The van der Waals surface area contributed by atoms with E-state index in [9.17, 15) is 16.8 Å². The van der Waals surface area contributed by atoms with E-state index in [0.717, 1.165) is 14.2 Å². The van der Waals surface area contributed by atoms with Gasteiger partial charge in [-0.15, -0.1) is 0 Å². The van der Waals surface area contributed by atoms with Gasteiger partial charge >= 0.3 is 0 Å². The first-order chi connectivity index (χ1) is 13.5. The van der Waals surface area contributed by atoms with E-state index in [4.69, 9.17) is 10.2 Å². The first-order valence-electron chi connectivity index (χ1n) is 8.23. The first-order valence-corrected chi connectivity index (χ1v) is 10.7. The molecular formula is C19H31NO6S2Y3-2. The normalized spacial score (nSPS) is 7.52. The zero-order valence-corrected chi connectivity index (χ0v) is 29.0. The average molecular weight is 700 g/mol. The molecule has 0 saturated carbocycles. The van der Waals surface area contributed by atoms with Gasteiger partial charge in [-0.3, -0.25) is 0 Å². The Morgan fingerprint density at radius 1 is 0.710 bits per heavy atom. The first kappa shape index (κ1) is 49.4. The van der Waals surface area contributed by atoms with Gasteiger partial charge in [0.1, 0.15) is 0 Å². The summed E-state index contributed by atoms with van der Waals surface area (Å²) in [6, 6.07) is 16.0. The smallest absolute Gasteiger partial charge is 0.249 e. The molecule has 0 spiro atoms. The van der Waals surface area contributed by atoms with Gasteiger partial charge < -0.3 is 29.7 Å². The van der Waals surface area contributed by atoms with E-state index in [1.165, 1.54) is 12.1 Å². The number of aliphatic hydroxyl groups is 2. The molecule has 2 aromatic carbocycles. The number of benzene rings is 2. The van der Waals surface area contributed by atoms with Crippen LogP contribution in [0.4, 0.5) is 0 Å². The quantitative estimate of drug-likeness (QED) is 0.287. The van der Waals surface area contributed by atoms with E-state index >= 15 is 0 Å². The van der Waals surface area contributed by atoms with Crippen molar-refractivity contribution in [2.75, 3.05) is 14.2 Å². The van der Waals surface area contributed by atoms with Crippen molar-refractivity contribution < 1.29 is 125 Å². The van der Waals surface area contributed by atoms with Gasteiger partial charge in [0, 0.05) is 112 Å². The summed E-state index contributed by atoms with van der Waals surface area (Å²) in [6.07, 6.45) is 0. The fraction of sp³-hybridized carbons (Fsp3) is 0.316. The molecule has 2 aromatic rings. The molecule has 0 amide bonds. The number of hydrogen-bond acceptors (Lipinski definition) is 7. The maximum atomic E-state index is 10.9. The van der Waals surface area contributed by atoms with Crippen LogP contribution in [0.5, 0.6) is 0 Å². The second kappa shape index (κ2) is 38.5. The van der Waals surface area contributed by atoms with Crippen molar-refractivity contribution in [3.63, 3.8) is 0 Å². The van der Waals surface area contributed by atoms with Crippen molar-refractivity contribution in [2.24, 2.45) is 4.40 Å². The minimum atomic E-state index is -3.60. The molecule has 0 aliphatic heterocycles. The van der Waals surface area contributed by atoms with Crippen LogP contribution in [-0.2, 0) is 127 Å². The summed E-state index contributed by atoms with van der Waals surface area (Å²) in [5, 5.41) is 14.0. The van der Waals surface area contributed by atoms with Gasteiger partial charge in [-0.1, -0.05) is 81.1 Å². The Bertz CT molecular complexity index is 738. The Hall–Kier alpha value is 1.24. The van der Waals surface area contributed by atoms with E-state index in [2.05, 4.69) is 11.1 Å². The molecule has 0 fully saturated rings. The molecular weight excluding hydrogens is 669 g/mol. The van der Waals surface area contributed by atoms with E-state index < -0.39 is 20.7 Å². The van der Waals surface area contributed by atoms with Crippen molar-refractivity contribution in [2.45, 2.75) is 37.5 Å². The van der Waals surface area contributed by atoms with Crippen molar-refractivity contribution in [3.8, 4) is 0 Å². The predicted octanol–water partition coefficient (Wildman–Crippen LogP) is 3.57. The third-order valence-corrected chi connectivity index (χ3v) is 3.92. The molecule has 7 nitrogen and oxygen atoms in total. The van der Waals surface area contributed by atoms with Crippen molar-refractivity contribution in [1.29, 1.82) is 0 Å². The van der Waals surface area contributed by atoms with E-state index in [0.29, 0.717) is 4.90 Å². The third-order valence-electron chi connectivity index (χ3n) is 2.12. The maximum Gasteiger partial charge on any atom is 0.249 e. The summed E-state index contributed by atoms with van der Waals surface area (Å²) in [4.78, 5) is 0.444. The molecule has 171 valence electrons. The molecule has 0 bridgehead atoms. The van der Waals surface area contributed by atoms with Gasteiger partial charge in [-0.2, -0.15) is 0 Å². The van der Waals surface area contributed by atoms with E-state index in [1.807, 2.05) is 27.7 Å². The van der Waals surface area contributed by atoms with Gasteiger partial charge in [0.15, 0.2) is 0 Å². The Balaban J connectivity index is -0.0000000527. The molecule has 0 saturated heterocycles. The number of nitrogens with zero attached hydrogens (tertiary/aromatic N) is 1. The maximum absolute atomic E-state index is 10.9. The Labute approximate surface area is 265 Å². The van der Waals surface area contributed by atoms with Crippen LogP contribution in [0.2, 0.25) is 0 Å². The number of rotatable bonds is 3. The zero-order valence-electron chi connectivity index (χ0n) is 18.9. The molecule has 0 atom stereocenters. The number of hydrogen-bond donors (Lipinski definition) is 2. The molecule has 0 unspecified atom stereocenters. The third kappa shape index (κ3) is 29.2. The van der Waals surface area contributed by atoms with Crippen molar-refractivity contribution in [1.82, 2.24) is 0 Å². The molecule has 0 heterocycles. The molecule has 0 aromatic heterocycles. The topological polar surface area (TPSA) is 121 Å². The molecule has 0 aliphatic carbocycles. The van der Waals surface area contributed by atoms with Crippen molar-refractivity contribution >= 4 is 27.4 Å². The molecule has 2 N–H and O–H groups in total. The number of sulfonamides is 1. The second-order valence-corrected chi connectivity index (χ2v) is 6.01. The standard InChI is InChI=1S/C7H6NO2S.C6H5O2S.2C2H6.2CH4O.3Y/c1-8-11(9,10)7-5-3-2-4-6-7;7-9(8)6-4-2-1-3-5-6;4*1-2;;;/h1-6H;1-5H;2*1-2H3;2*2H,1H3;;;/q2*-1;;;;;;;. The summed E-state index contributed by atoms with van der Waals surface area (Å²) in [7, 11) is -3.67. The fourth-order valence-electron chi connectivity index (χ4n) is 1.18. The minimum Gasteiger partial charge on any atom is -0.420 e. The monoisotopic (exact) mass is 700 g/mol. The number of aliphatic hydroxyl groups excluding tert-OH is 2. The predicted molar refractivity (Wildman–Crippen MR) is 115 cm³/mol. The Morgan fingerprint density at radius 3 is 1.23 bits per heavy atom. The summed E-state index contributed by atoms with van der Waals surface area (Å²) < 4.78 is 45.0. The van der Waals surface area contributed by atoms with Gasteiger partial charge in [-0.05, 0) is 22.8 Å². The fourth-order valence-corrected chi connectivity index (χ4v) is 2.19. The summed E-state index contributed by atoms with van der Waals surface area (Å²) in [5.41, 5.74) is 0. The van der Waals surface area contributed by atoms with Gasteiger partial charge in [0.05, 0.1) is 4.90 Å². The van der Waals surface area contributed by atoms with Crippen LogP contribution < -0.4 is 0 Å². The van der Waals surface area contributed by atoms with Gasteiger partial charge in [0.2, 0.25) is 10.0 Å². The largest absolute Gasteiger partial charge is 0.420 e. The van der Waals surface area contributed by atoms with Crippen LogP contribution in [0.15, 0.2) is 74.9 Å². The Kier molecular flexibility index (Phi) is 61.3. The van der Waals surface area contributed by atoms with Crippen LogP contribution in [0, 0.1) is 0 Å². The molecule has 2 rings (SSSR count). The second-order valence-electron chi connectivity index (χ2n) is 3.44. The molecule has 0 aliphatic rings. The van der Waals surface area contributed by atoms with Crippen LogP contribution >= 0.6 is 0 Å². The van der Waals surface area contributed by atoms with Gasteiger partial charge in [0.25, 0.3) is 0 Å². The van der Waals surface area contributed by atoms with Crippen LogP contribution in [-0.4, -0.2) is 39.6 Å². The Morgan fingerprint density at radius 2 is 1.00 bits per heavy atom. The van der Waals surface area contributed by atoms with Crippen LogP contribution in [0.3, 0.4) is 0 Å². The van der Waals surface area contributed by atoms with Crippen LogP contribution in [0.25, 0.3) is 0 Å². The summed E-state index contributed by atoms with van der Waals surface area (Å²) >= 11 is 0. The van der Waals surface area contributed by atoms with Gasteiger partial charge in [-0.25, -0.2) is 8.42 Å². The molecule has 31 heavy (non-hydrogen) atoms. The minimum absolute atomic E-state index is 0. The summed E-state index contributed by atoms with van der Waals surface area (Å²) in [6.45, 7) is 12.7. The summed E-state index contributed by atoms with van der Waals surface area (Å²) in [5.74, 6) is 0. The van der Waals surface area contributed by atoms with Crippen LogP contribution in [0.1, 0.15) is 27.7 Å². The van der Waals surface area contributed by atoms with Crippen molar-refractivity contribution in [3.05, 3.63) is 60.7 Å². The zero-order chi connectivity index (χ0) is 23.0. The van der Waals surface area contributed by atoms with E-state index in [-0.39, 0.29) is 103 Å².